The van der Waals surface area contributed by atoms with Crippen LogP contribution in [-0.4, -0.2) is 43.1 Å². The third-order valence-corrected chi connectivity index (χ3v) is 7.37. The number of pyridine rings is 1. The molecule has 1 atom stereocenters. The number of hydrogen-bond donors (Lipinski definition) is 0. The first-order chi connectivity index (χ1) is 11.0. The van der Waals surface area contributed by atoms with Gasteiger partial charge in [0.25, 0.3) is 5.91 Å². The second-order valence-corrected chi connectivity index (χ2v) is 8.87. The molecule has 1 amide bonds. The van der Waals surface area contributed by atoms with Gasteiger partial charge < -0.3 is 4.90 Å². The minimum absolute atomic E-state index is 0.000612. The molecule has 0 spiro atoms. The summed E-state index contributed by atoms with van der Waals surface area (Å²) < 4.78 is 25.1. The third-order valence-electron chi connectivity index (χ3n) is 4.13. The number of nitrogens with zero attached hydrogens (tertiary/aromatic N) is 2. The minimum Gasteiger partial charge on any atom is -0.338 e. The van der Waals surface area contributed by atoms with Crippen molar-refractivity contribution < 1.29 is 13.2 Å². The molecule has 1 fully saturated rings. The fourth-order valence-electron chi connectivity index (χ4n) is 2.82. The third kappa shape index (κ3) is 3.30. The maximum atomic E-state index is 12.7. The number of thiophene rings is 1. The smallest absolute Gasteiger partial charge is 0.255 e. The summed E-state index contributed by atoms with van der Waals surface area (Å²) in [6, 6.07) is 7.18. The number of rotatable bonds is 2. The Morgan fingerprint density at radius 2 is 2.13 bits per heavy atom. The fourth-order valence-corrected chi connectivity index (χ4v) is 5.83. The molecule has 3 rings (SSSR count). The topological polar surface area (TPSA) is 67.3 Å². The van der Waals surface area contributed by atoms with Gasteiger partial charge in [0.05, 0.1) is 16.6 Å². The molecular formula is C16H18N2O3S2. The Balaban J connectivity index is 1.83. The molecule has 0 aliphatic carbocycles. The fraction of sp³-hybridized carbons (Fsp3) is 0.375. The van der Waals surface area contributed by atoms with E-state index in [1.807, 2.05) is 17.5 Å². The lowest BCUT2D eigenvalue weighted by Crippen LogP contribution is -2.34. The molecule has 0 bridgehead atoms. The molecule has 7 heteroatoms. The van der Waals surface area contributed by atoms with Crippen molar-refractivity contribution in [3.05, 3.63) is 52.0 Å². The summed E-state index contributed by atoms with van der Waals surface area (Å²) in [4.78, 5) is 19.3. The molecule has 23 heavy (non-hydrogen) atoms. The van der Waals surface area contributed by atoms with Gasteiger partial charge in [-0.25, -0.2) is 8.42 Å². The van der Waals surface area contributed by atoms with Crippen LogP contribution in [0.25, 0.3) is 0 Å². The molecule has 2 aromatic heterocycles. The number of sulfone groups is 1. The van der Waals surface area contributed by atoms with Crippen LogP contribution in [0.15, 0.2) is 35.8 Å². The van der Waals surface area contributed by atoms with Crippen molar-refractivity contribution in [2.24, 2.45) is 0 Å². The van der Waals surface area contributed by atoms with Crippen LogP contribution in [-0.2, 0) is 9.84 Å². The number of aromatic nitrogens is 1. The standard InChI is InChI=1S/C16H18N2O3S2/c1-12-13(4-2-7-17-12)16(19)18-8-6-15(14-5-3-10-22-14)23(20,21)11-9-18/h2-5,7,10,15H,6,8-9,11H2,1H3. The molecule has 0 radical (unpaired) electrons. The molecule has 122 valence electrons. The highest BCUT2D eigenvalue weighted by Gasteiger charge is 2.33. The van der Waals surface area contributed by atoms with E-state index >= 15 is 0 Å². The predicted molar refractivity (Wildman–Crippen MR) is 90.3 cm³/mol. The predicted octanol–water partition coefficient (Wildman–Crippen LogP) is 2.45. The van der Waals surface area contributed by atoms with Crippen molar-refractivity contribution in [1.29, 1.82) is 0 Å². The van der Waals surface area contributed by atoms with Gasteiger partial charge in [-0.05, 0) is 36.9 Å². The van der Waals surface area contributed by atoms with Crippen molar-refractivity contribution in [2.45, 2.75) is 18.6 Å². The van der Waals surface area contributed by atoms with Crippen LogP contribution in [0, 0.1) is 6.92 Å². The van der Waals surface area contributed by atoms with Crippen molar-refractivity contribution in [3.63, 3.8) is 0 Å². The molecule has 5 nitrogen and oxygen atoms in total. The zero-order valence-corrected chi connectivity index (χ0v) is 14.4. The van der Waals surface area contributed by atoms with E-state index in [1.54, 1.807) is 30.2 Å². The zero-order valence-electron chi connectivity index (χ0n) is 12.8. The number of aryl methyl sites for hydroxylation is 1. The lowest BCUT2D eigenvalue weighted by molar-refractivity contribution is 0.0765. The summed E-state index contributed by atoms with van der Waals surface area (Å²) in [6.45, 7) is 2.46. The monoisotopic (exact) mass is 350 g/mol. The highest BCUT2D eigenvalue weighted by Crippen LogP contribution is 2.32. The molecular weight excluding hydrogens is 332 g/mol. The van der Waals surface area contributed by atoms with E-state index in [0.717, 1.165) is 4.88 Å². The van der Waals surface area contributed by atoms with Crippen molar-refractivity contribution >= 4 is 27.1 Å². The molecule has 1 saturated heterocycles. The highest BCUT2D eigenvalue weighted by molar-refractivity contribution is 7.91. The van der Waals surface area contributed by atoms with Gasteiger partial charge in [0.15, 0.2) is 9.84 Å². The van der Waals surface area contributed by atoms with Crippen LogP contribution in [0.1, 0.15) is 32.6 Å². The number of amides is 1. The van der Waals surface area contributed by atoms with Gasteiger partial charge >= 0.3 is 0 Å². The van der Waals surface area contributed by atoms with Crippen LogP contribution in [0.4, 0.5) is 0 Å². The summed E-state index contributed by atoms with van der Waals surface area (Å²) in [5, 5.41) is 1.38. The first kappa shape index (κ1) is 16.1. The maximum Gasteiger partial charge on any atom is 0.255 e. The zero-order chi connectivity index (χ0) is 16.4. The lowest BCUT2D eigenvalue weighted by atomic mass is 10.1. The van der Waals surface area contributed by atoms with Crippen molar-refractivity contribution in [1.82, 2.24) is 9.88 Å². The maximum absolute atomic E-state index is 12.7. The lowest BCUT2D eigenvalue weighted by Gasteiger charge is -2.20. The number of carbonyl (C=O) groups is 1. The van der Waals surface area contributed by atoms with Gasteiger partial charge in [0.1, 0.15) is 0 Å². The van der Waals surface area contributed by atoms with E-state index in [4.69, 9.17) is 0 Å². The molecule has 1 aliphatic heterocycles. The molecule has 1 aliphatic rings. The van der Waals surface area contributed by atoms with Crippen molar-refractivity contribution in [3.8, 4) is 0 Å². The van der Waals surface area contributed by atoms with Gasteiger partial charge in [-0.1, -0.05) is 6.07 Å². The van der Waals surface area contributed by atoms with E-state index in [9.17, 15) is 13.2 Å². The molecule has 3 heterocycles. The average Bonchev–Trinajstić information content (AvgIpc) is 2.99. The van der Waals surface area contributed by atoms with Gasteiger partial charge in [-0.3, -0.25) is 9.78 Å². The Bertz CT molecular complexity index is 800. The van der Waals surface area contributed by atoms with E-state index in [-0.39, 0.29) is 18.2 Å². The molecule has 0 N–H and O–H groups in total. The van der Waals surface area contributed by atoms with Crippen LogP contribution in [0.3, 0.4) is 0 Å². The van der Waals surface area contributed by atoms with Crippen LogP contribution in [0.2, 0.25) is 0 Å². The van der Waals surface area contributed by atoms with E-state index < -0.39 is 15.1 Å². The van der Waals surface area contributed by atoms with Crippen molar-refractivity contribution in [2.75, 3.05) is 18.8 Å². The van der Waals surface area contributed by atoms with Gasteiger partial charge in [-0.15, -0.1) is 11.3 Å². The summed E-state index contributed by atoms with van der Waals surface area (Å²) in [5.41, 5.74) is 1.21. The first-order valence-corrected chi connectivity index (χ1v) is 10.0. The second-order valence-electron chi connectivity index (χ2n) is 5.59. The van der Waals surface area contributed by atoms with Crippen LogP contribution >= 0.6 is 11.3 Å². The second kappa shape index (κ2) is 6.41. The first-order valence-electron chi connectivity index (χ1n) is 7.45. The molecule has 0 aromatic carbocycles. The number of hydrogen-bond acceptors (Lipinski definition) is 5. The molecule has 1 unspecified atom stereocenters. The summed E-state index contributed by atoms with van der Waals surface area (Å²) >= 11 is 1.46. The van der Waals surface area contributed by atoms with E-state index in [1.165, 1.54) is 11.3 Å². The van der Waals surface area contributed by atoms with Gasteiger partial charge in [0.2, 0.25) is 0 Å². The Morgan fingerprint density at radius 3 is 2.83 bits per heavy atom. The summed E-state index contributed by atoms with van der Waals surface area (Å²) in [5.74, 6) is -0.140. The Kier molecular flexibility index (Phi) is 4.50. The number of carbonyl (C=O) groups excluding carboxylic acids is 1. The van der Waals surface area contributed by atoms with E-state index in [2.05, 4.69) is 4.98 Å². The Morgan fingerprint density at radius 1 is 1.30 bits per heavy atom. The minimum atomic E-state index is -3.24. The van der Waals surface area contributed by atoms with Crippen LogP contribution in [0.5, 0.6) is 0 Å². The SMILES string of the molecule is Cc1ncccc1C(=O)N1CCC(c2cccs2)S(=O)(=O)CC1. The quantitative estimate of drug-likeness (QED) is 0.834. The summed E-state index contributed by atoms with van der Waals surface area (Å²) in [7, 11) is -3.24. The molecule has 2 aromatic rings. The Labute approximate surface area is 139 Å². The van der Waals surface area contributed by atoms with Gasteiger partial charge in [0, 0.05) is 29.9 Å². The molecule has 0 saturated carbocycles. The van der Waals surface area contributed by atoms with Crippen LogP contribution < -0.4 is 0 Å². The van der Waals surface area contributed by atoms with Gasteiger partial charge in [-0.2, -0.15) is 0 Å². The summed E-state index contributed by atoms with van der Waals surface area (Å²) in [6.07, 6.45) is 2.08. The largest absolute Gasteiger partial charge is 0.338 e. The average molecular weight is 350 g/mol. The highest BCUT2D eigenvalue weighted by atomic mass is 32.2. The normalized spacial score (nSPS) is 20.9. The Hall–Kier alpha value is -1.73. The van der Waals surface area contributed by atoms with E-state index in [0.29, 0.717) is 24.2 Å².